The molecule has 0 heterocycles. The molecule has 5 nitrogen and oxygen atoms in total. The monoisotopic (exact) mass is 560 g/mol. The minimum Gasteiger partial charge on any atom is -0.483 e. The molecule has 0 saturated heterocycles. The number of carbonyl (C=O) groups excluding carboxylic acids is 2. The van der Waals surface area contributed by atoms with Crippen LogP contribution in [-0.4, -0.2) is 35.4 Å². The number of carbonyl (C=O) groups is 2. The zero-order chi connectivity index (χ0) is 28.5. The Hall–Kier alpha value is -3.31. The summed E-state index contributed by atoms with van der Waals surface area (Å²) in [7, 11) is 0. The van der Waals surface area contributed by atoms with Crippen LogP contribution in [0.25, 0.3) is 0 Å². The first-order valence-corrected chi connectivity index (χ1v) is 14.7. The number of amides is 2. The van der Waals surface area contributed by atoms with E-state index in [2.05, 4.69) is 26.1 Å². The van der Waals surface area contributed by atoms with Crippen molar-refractivity contribution in [3.8, 4) is 5.75 Å². The molecule has 1 unspecified atom stereocenters. The summed E-state index contributed by atoms with van der Waals surface area (Å²) >= 11 is 6.55. The second-order valence-corrected chi connectivity index (χ2v) is 12.1. The molecule has 1 N–H and O–H groups in total. The van der Waals surface area contributed by atoms with E-state index < -0.39 is 6.04 Å². The average molecular weight is 561 g/mol. The van der Waals surface area contributed by atoms with Crippen molar-refractivity contribution in [3.05, 3.63) is 101 Å². The maximum Gasteiger partial charge on any atom is 0.261 e. The number of para-hydroxylation sites is 1. The third-order valence-electron chi connectivity index (χ3n) is 7.57. The molecule has 3 aromatic carbocycles. The maximum atomic E-state index is 14.0. The molecule has 3 aromatic rings. The number of nitrogens with zero attached hydrogens (tertiary/aromatic N) is 1. The lowest BCUT2D eigenvalue weighted by atomic mass is 9.86. The van der Waals surface area contributed by atoms with Gasteiger partial charge < -0.3 is 15.0 Å². The van der Waals surface area contributed by atoms with Gasteiger partial charge in [-0.2, -0.15) is 0 Å². The van der Waals surface area contributed by atoms with Crippen molar-refractivity contribution in [3.63, 3.8) is 0 Å². The summed E-state index contributed by atoms with van der Waals surface area (Å²) in [6.45, 7) is 6.38. The number of halogens is 1. The van der Waals surface area contributed by atoms with Gasteiger partial charge in [-0.05, 0) is 47.1 Å². The number of ether oxygens (including phenoxy) is 1. The molecule has 212 valence electrons. The summed E-state index contributed by atoms with van der Waals surface area (Å²) in [4.78, 5) is 29.6. The second kappa shape index (κ2) is 13.8. The highest BCUT2D eigenvalue weighted by molar-refractivity contribution is 6.31. The standard InChI is InChI=1S/C34H41ClN2O3/c1-34(2,3)28-19-11-13-21-31(28)40-24-32(38)37(23-26-16-10-12-20-29(26)35)30(22-25-14-6-4-7-15-25)33(39)36-27-17-8-5-9-18-27/h4,6-7,10-16,19-21,27,30H,5,8-9,17-18,22-24H2,1-3H3,(H,36,39). The van der Waals surface area contributed by atoms with Gasteiger partial charge in [0.05, 0.1) is 0 Å². The summed E-state index contributed by atoms with van der Waals surface area (Å²) in [5.41, 5.74) is 2.65. The highest BCUT2D eigenvalue weighted by atomic mass is 35.5. The number of rotatable bonds is 10. The fourth-order valence-electron chi connectivity index (χ4n) is 5.34. The van der Waals surface area contributed by atoms with Gasteiger partial charge in [-0.3, -0.25) is 9.59 Å². The van der Waals surface area contributed by atoms with Gasteiger partial charge in [0.1, 0.15) is 11.8 Å². The molecule has 1 aliphatic rings. The van der Waals surface area contributed by atoms with Crippen molar-refractivity contribution in [1.82, 2.24) is 10.2 Å². The number of hydrogen-bond acceptors (Lipinski definition) is 3. The molecule has 0 bridgehead atoms. The van der Waals surface area contributed by atoms with E-state index in [0.29, 0.717) is 17.2 Å². The Bertz CT molecular complexity index is 1270. The maximum absolute atomic E-state index is 14.0. The first-order chi connectivity index (χ1) is 19.2. The van der Waals surface area contributed by atoms with Gasteiger partial charge in [-0.25, -0.2) is 0 Å². The first-order valence-electron chi connectivity index (χ1n) is 14.3. The minimum absolute atomic E-state index is 0.131. The van der Waals surface area contributed by atoms with Crippen LogP contribution in [0.2, 0.25) is 5.02 Å². The van der Waals surface area contributed by atoms with E-state index in [0.717, 1.165) is 42.4 Å². The highest BCUT2D eigenvalue weighted by Crippen LogP contribution is 2.31. The van der Waals surface area contributed by atoms with E-state index in [1.54, 1.807) is 4.90 Å². The predicted octanol–water partition coefficient (Wildman–Crippen LogP) is 7.11. The lowest BCUT2D eigenvalue weighted by Crippen LogP contribution is -2.53. The molecule has 1 aliphatic carbocycles. The van der Waals surface area contributed by atoms with Crippen molar-refractivity contribution in [2.75, 3.05) is 6.61 Å². The smallest absolute Gasteiger partial charge is 0.261 e. The van der Waals surface area contributed by atoms with E-state index in [4.69, 9.17) is 16.3 Å². The SMILES string of the molecule is CC(C)(C)c1ccccc1OCC(=O)N(Cc1ccccc1Cl)C(Cc1ccccc1)C(=O)NC1CCCCC1. The number of hydrogen-bond donors (Lipinski definition) is 1. The Labute approximate surface area is 243 Å². The molecule has 6 heteroatoms. The Morgan fingerprint density at radius 3 is 2.27 bits per heavy atom. The summed E-state index contributed by atoms with van der Waals surface area (Å²) in [6, 6.07) is 24.5. The fourth-order valence-corrected chi connectivity index (χ4v) is 5.54. The van der Waals surface area contributed by atoms with Crippen LogP contribution in [0.5, 0.6) is 5.75 Å². The third kappa shape index (κ3) is 8.11. The van der Waals surface area contributed by atoms with E-state index in [1.807, 2.05) is 78.9 Å². The Balaban J connectivity index is 1.64. The predicted molar refractivity (Wildman–Crippen MR) is 162 cm³/mol. The van der Waals surface area contributed by atoms with E-state index >= 15 is 0 Å². The molecular formula is C34H41ClN2O3. The Morgan fingerprint density at radius 2 is 1.57 bits per heavy atom. The molecule has 4 rings (SSSR count). The van der Waals surface area contributed by atoms with Gasteiger partial charge in [-0.15, -0.1) is 0 Å². The first kappa shape index (κ1) is 29.7. The lowest BCUT2D eigenvalue weighted by Gasteiger charge is -2.33. The molecule has 1 atom stereocenters. The van der Waals surface area contributed by atoms with Crippen LogP contribution in [0.1, 0.15) is 69.6 Å². The van der Waals surface area contributed by atoms with Crippen molar-refractivity contribution < 1.29 is 14.3 Å². The van der Waals surface area contributed by atoms with Gasteiger partial charge in [-0.1, -0.05) is 118 Å². The molecule has 0 aliphatic heterocycles. The molecule has 1 fully saturated rings. The summed E-state index contributed by atoms with van der Waals surface area (Å²) < 4.78 is 6.15. The van der Waals surface area contributed by atoms with E-state index in [1.165, 1.54) is 6.42 Å². The zero-order valence-corrected chi connectivity index (χ0v) is 24.6. The van der Waals surface area contributed by atoms with Crippen LogP contribution in [-0.2, 0) is 28.0 Å². The summed E-state index contributed by atoms with van der Waals surface area (Å²) in [5, 5.41) is 3.83. The molecule has 40 heavy (non-hydrogen) atoms. The molecule has 0 aromatic heterocycles. The van der Waals surface area contributed by atoms with Gasteiger partial charge in [0.2, 0.25) is 5.91 Å². The van der Waals surface area contributed by atoms with Crippen LogP contribution in [0.3, 0.4) is 0 Å². The van der Waals surface area contributed by atoms with Crippen LogP contribution in [0.4, 0.5) is 0 Å². The van der Waals surface area contributed by atoms with E-state index in [9.17, 15) is 9.59 Å². The average Bonchev–Trinajstić information content (AvgIpc) is 2.95. The molecule has 1 saturated carbocycles. The van der Waals surface area contributed by atoms with Crippen molar-refractivity contribution >= 4 is 23.4 Å². The minimum atomic E-state index is -0.713. The van der Waals surface area contributed by atoms with Gasteiger partial charge >= 0.3 is 0 Å². The van der Waals surface area contributed by atoms with Gasteiger partial charge in [0.15, 0.2) is 6.61 Å². The Morgan fingerprint density at radius 1 is 0.925 bits per heavy atom. The lowest BCUT2D eigenvalue weighted by molar-refractivity contribution is -0.143. The fraction of sp³-hybridized carbons (Fsp3) is 0.412. The zero-order valence-electron chi connectivity index (χ0n) is 23.9. The topological polar surface area (TPSA) is 58.6 Å². The third-order valence-corrected chi connectivity index (χ3v) is 7.94. The van der Waals surface area contributed by atoms with Gasteiger partial charge in [0.25, 0.3) is 5.91 Å². The molecule has 2 amide bonds. The number of nitrogens with one attached hydrogen (secondary N) is 1. The van der Waals surface area contributed by atoms with Crippen molar-refractivity contribution in [2.24, 2.45) is 0 Å². The summed E-state index contributed by atoms with van der Waals surface area (Å²) in [6.07, 6.45) is 5.75. The molecule has 0 spiro atoms. The van der Waals surface area contributed by atoms with E-state index in [-0.39, 0.29) is 36.4 Å². The normalized spacial score (nSPS) is 14.8. The summed E-state index contributed by atoms with van der Waals surface area (Å²) in [5.74, 6) is 0.280. The van der Waals surface area contributed by atoms with Crippen molar-refractivity contribution in [2.45, 2.75) is 83.3 Å². The molecule has 0 radical (unpaired) electrons. The Kier molecular flexibility index (Phi) is 10.3. The molecular weight excluding hydrogens is 520 g/mol. The van der Waals surface area contributed by atoms with Crippen molar-refractivity contribution in [1.29, 1.82) is 0 Å². The quantitative estimate of drug-likeness (QED) is 0.287. The number of benzene rings is 3. The van der Waals surface area contributed by atoms with Crippen LogP contribution in [0.15, 0.2) is 78.9 Å². The second-order valence-electron chi connectivity index (χ2n) is 11.7. The largest absolute Gasteiger partial charge is 0.483 e. The van der Waals surface area contributed by atoms with Crippen LogP contribution >= 0.6 is 11.6 Å². The highest BCUT2D eigenvalue weighted by Gasteiger charge is 2.33. The van der Waals surface area contributed by atoms with Gasteiger partial charge in [0, 0.05) is 24.0 Å². The van der Waals surface area contributed by atoms with Crippen LogP contribution in [0, 0.1) is 0 Å². The van der Waals surface area contributed by atoms with Crippen LogP contribution < -0.4 is 10.1 Å².